The zero-order valence-electron chi connectivity index (χ0n) is 11.9. The second-order valence-electron chi connectivity index (χ2n) is 5.00. The Balaban J connectivity index is 2.79. The number of hydrogen-bond donors (Lipinski definition) is 2. The first-order valence-electron chi connectivity index (χ1n) is 6.44. The van der Waals surface area contributed by atoms with E-state index in [-0.39, 0.29) is 28.9 Å². The molecule has 0 unspecified atom stereocenters. The maximum Gasteiger partial charge on any atom is 0.256 e. The molecule has 106 valence electrons. The Labute approximate surface area is 113 Å². The molecule has 5 heteroatoms. The smallest absolute Gasteiger partial charge is 0.256 e. The van der Waals surface area contributed by atoms with Crippen molar-refractivity contribution in [2.24, 2.45) is 5.92 Å². The highest BCUT2D eigenvalue weighted by Gasteiger charge is 2.18. The van der Waals surface area contributed by atoms with E-state index >= 15 is 0 Å². The van der Waals surface area contributed by atoms with Crippen LogP contribution < -0.4 is 10.7 Å². The molecule has 0 fully saturated rings. The van der Waals surface area contributed by atoms with Gasteiger partial charge in [0, 0.05) is 37.7 Å². The van der Waals surface area contributed by atoms with Crippen molar-refractivity contribution in [3.05, 3.63) is 33.7 Å². The van der Waals surface area contributed by atoms with E-state index in [9.17, 15) is 9.59 Å². The maximum absolute atomic E-state index is 12.1. The van der Waals surface area contributed by atoms with E-state index in [0.29, 0.717) is 6.61 Å². The van der Waals surface area contributed by atoms with Crippen LogP contribution in [-0.4, -0.2) is 30.6 Å². The molecule has 2 N–H and O–H groups in total. The molecule has 1 aromatic rings. The van der Waals surface area contributed by atoms with Crippen molar-refractivity contribution in [3.8, 4) is 0 Å². The summed E-state index contributed by atoms with van der Waals surface area (Å²) in [5.74, 6) is -0.0558. The molecule has 1 heterocycles. The zero-order valence-corrected chi connectivity index (χ0v) is 11.9. The highest BCUT2D eigenvalue weighted by Crippen LogP contribution is 2.07. The van der Waals surface area contributed by atoms with Gasteiger partial charge >= 0.3 is 0 Å². The molecule has 0 saturated carbocycles. The summed E-state index contributed by atoms with van der Waals surface area (Å²) in [6.07, 6.45) is 2.18. The fourth-order valence-electron chi connectivity index (χ4n) is 1.81. The van der Waals surface area contributed by atoms with Crippen LogP contribution in [0.4, 0.5) is 0 Å². The van der Waals surface area contributed by atoms with Gasteiger partial charge in [0.2, 0.25) is 0 Å². The summed E-state index contributed by atoms with van der Waals surface area (Å²) in [7, 11) is 1.63. The van der Waals surface area contributed by atoms with E-state index in [4.69, 9.17) is 4.74 Å². The number of carbonyl (C=O) groups excluding carboxylic acids is 1. The van der Waals surface area contributed by atoms with Crippen molar-refractivity contribution in [1.29, 1.82) is 0 Å². The number of carbonyl (C=O) groups is 1. The number of amides is 1. The lowest BCUT2D eigenvalue weighted by Gasteiger charge is -2.22. The third kappa shape index (κ3) is 4.52. The first kappa shape index (κ1) is 15.4. The summed E-state index contributed by atoms with van der Waals surface area (Å²) in [6.45, 7) is 6.41. The van der Waals surface area contributed by atoms with Gasteiger partial charge in [0.25, 0.3) is 5.91 Å². The summed E-state index contributed by atoms with van der Waals surface area (Å²) >= 11 is 0. The largest absolute Gasteiger partial charge is 0.385 e. The fraction of sp³-hybridized carbons (Fsp3) is 0.571. The van der Waals surface area contributed by atoms with Crippen LogP contribution in [0.15, 0.2) is 17.1 Å². The van der Waals surface area contributed by atoms with Crippen molar-refractivity contribution < 1.29 is 9.53 Å². The number of nitrogens with one attached hydrogen (secondary N) is 2. The average molecular weight is 266 g/mol. The highest BCUT2D eigenvalue weighted by molar-refractivity contribution is 5.93. The molecule has 0 bridgehead atoms. The maximum atomic E-state index is 12.1. The number of rotatable bonds is 6. The molecular weight excluding hydrogens is 244 g/mol. The van der Waals surface area contributed by atoms with Crippen molar-refractivity contribution in [3.63, 3.8) is 0 Å². The molecule has 1 atom stereocenters. The van der Waals surface area contributed by atoms with Gasteiger partial charge in [0.1, 0.15) is 5.56 Å². The third-order valence-electron chi connectivity index (χ3n) is 3.06. The van der Waals surface area contributed by atoms with Crippen LogP contribution >= 0.6 is 0 Å². The van der Waals surface area contributed by atoms with Gasteiger partial charge < -0.3 is 15.0 Å². The second-order valence-corrected chi connectivity index (χ2v) is 5.00. The monoisotopic (exact) mass is 266 g/mol. The molecule has 1 rings (SSSR count). The Morgan fingerprint density at radius 3 is 2.68 bits per heavy atom. The molecule has 0 aliphatic heterocycles. The number of hydrogen-bond acceptors (Lipinski definition) is 3. The van der Waals surface area contributed by atoms with Crippen molar-refractivity contribution in [2.45, 2.75) is 33.2 Å². The third-order valence-corrected chi connectivity index (χ3v) is 3.06. The first-order chi connectivity index (χ1) is 8.95. The van der Waals surface area contributed by atoms with Crippen LogP contribution in [0.2, 0.25) is 0 Å². The van der Waals surface area contributed by atoms with Gasteiger partial charge in [-0.15, -0.1) is 0 Å². The average Bonchev–Trinajstić information content (AvgIpc) is 2.33. The number of aromatic nitrogens is 1. The molecule has 0 aliphatic carbocycles. The quantitative estimate of drug-likeness (QED) is 0.819. The van der Waals surface area contributed by atoms with E-state index in [0.717, 1.165) is 12.1 Å². The molecule has 0 radical (unpaired) electrons. The van der Waals surface area contributed by atoms with Crippen LogP contribution in [0.1, 0.15) is 36.3 Å². The van der Waals surface area contributed by atoms with Crippen molar-refractivity contribution >= 4 is 5.91 Å². The van der Waals surface area contributed by atoms with Gasteiger partial charge in [-0.25, -0.2) is 0 Å². The molecule has 1 aromatic heterocycles. The SMILES string of the molecule is COCC[C@H](NC(=O)c1c[nH]c(C)cc1=O)C(C)C. The zero-order chi connectivity index (χ0) is 14.4. The van der Waals surface area contributed by atoms with E-state index in [1.807, 2.05) is 13.8 Å². The number of methoxy groups -OCH3 is 1. The standard InChI is InChI=1S/C14H22N2O3/c1-9(2)12(5-6-19-4)16-14(18)11-8-15-10(3)7-13(11)17/h7-9,12H,5-6H2,1-4H3,(H,15,17)(H,16,18)/t12-/m0/s1. The summed E-state index contributed by atoms with van der Waals surface area (Å²) in [5, 5.41) is 2.89. The predicted octanol–water partition coefficient (Wildman–Crippen LogP) is 1.47. The van der Waals surface area contributed by atoms with Crippen molar-refractivity contribution in [2.75, 3.05) is 13.7 Å². The molecular formula is C14H22N2O3. The summed E-state index contributed by atoms with van der Waals surface area (Å²) in [5.41, 5.74) is 0.623. The van der Waals surface area contributed by atoms with E-state index in [2.05, 4.69) is 10.3 Å². The Kier molecular flexibility index (Phi) is 5.76. The topological polar surface area (TPSA) is 71.2 Å². The number of H-pyrrole nitrogens is 1. The van der Waals surface area contributed by atoms with Gasteiger partial charge in [0.05, 0.1) is 0 Å². The van der Waals surface area contributed by atoms with Crippen molar-refractivity contribution in [1.82, 2.24) is 10.3 Å². The Bertz CT molecular complexity index is 480. The Morgan fingerprint density at radius 1 is 1.47 bits per heavy atom. The number of ether oxygens (including phenoxy) is 1. The molecule has 0 spiro atoms. The number of aromatic amines is 1. The summed E-state index contributed by atoms with van der Waals surface area (Å²) in [4.78, 5) is 26.7. The lowest BCUT2D eigenvalue weighted by Crippen LogP contribution is -2.41. The van der Waals surface area contributed by atoms with Gasteiger partial charge in [-0.1, -0.05) is 13.8 Å². The molecule has 0 aliphatic rings. The van der Waals surface area contributed by atoms with Crippen LogP contribution in [0, 0.1) is 12.8 Å². The number of pyridine rings is 1. The Morgan fingerprint density at radius 2 is 2.16 bits per heavy atom. The summed E-state index contributed by atoms with van der Waals surface area (Å²) < 4.78 is 5.03. The second kappa shape index (κ2) is 7.09. The normalized spacial score (nSPS) is 12.5. The van der Waals surface area contributed by atoms with E-state index in [1.54, 1.807) is 14.0 Å². The summed E-state index contributed by atoms with van der Waals surface area (Å²) in [6, 6.07) is 1.42. The van der Waals surface area contributed by atoms with Crippen LogP contribution in [0.25, 0.3) is 0 Å². The molecule has 0 aromatic carbocycles. The molecule has 5 nitrogen and oxygen atoms in total. The minimum atomic E-state index is -0.337. The minimum Gasteiger partial charge on any atom is -0.385 e. The van der Waals surface area contributed by atoms with Gasteiger partial charge in [-0.3, -0.25) is 9.59 Å². The van der Waals surface area contributed by atoms with Crippen LogP contribution in [-0.2, 0) is 4.74 Å². The fourth-order valence-corrected chi connectivity index (χ4v) is 1.81. The van der Waals surface area contributed by atoms with Gasteiger partial charge in [-0.2, -0.15) is 0 Å². The Hall–Kier alpha value is -1.62. The molecule has 0 saturated heterocycles. The van der Waals surface area contributed by atoms with Crippen LogP contribution in [0.5, 0.6) is 0 Å². The van der Waals surface area contributed by atoms with Gasteiger partial charge in [-0.05, 0) is 19.3 Å². The minimum absolute atomic E-state index is 0.00634. The molecule has 19 heavy (non-hydrogen) atoms. The van der Waals surface area contributed by atoms with E-state index in [1.165, 1.54) is 12.3 Å². The predicted molar refractivity (Wildman–Crippen MR) is 74.4 cm³/mol. The first-order valence-corrected chi connectivity index (χ1v) is 6.44. The highest BCUT2D eigenvalue weighted by atomic mass is 16.5. The molecule has 1 amide bonds. The lowest BCUT2D eigenvalue weighted by atomic mass is 10.0. The van der Waals surface area contributed by atoms with E-state index < -0.39 is 0 Å². The van der Waals surface area contributed by atoms with Gasteiger partial charge in [0.15, 0.2) is 5.43 Å². The van der Waals surface area contributed by atoms with Crippen LogP contribution in [0.3, 0.4) is 0 Å². The lowest BCUT2D eigenvalue weighted by molar-refractivity contribution is 0.0907. The number of aryl methyl sites for hydroxylation is 1.